The molecule has 0 radical (unpaired) electrons. The van der Waals surface area contributed by atoms with Crippen LogP contribution in [-0.2, 0) is 19.1 Å². The van der Waals surface area contributed by atoms with Crippen LogP contribution in [0.3, 0.4) is 0 Å². The standard InChI is InChI=1S/C12H16O4/c1-12(2)8(9(12)11(14)15-3)6-7-4-5-16-10(7)13/h6,8-9H,4-5H2,1-3H3/b7-6+/t8-,9-/m0/s1. The first-order valence-electron chi connectivity index (χ1n) is 5.44. The molecular formula is C12H16O4. The zero-order valence-corrected chi connectivity index (χ0v) is 9.78. The second kappa shape index (κ2) is 3.61. The minimum absolute atomic E-state index is 0.0978. The number of rotatable bonds is 2. The largest absolute Gasteiger partial charge is 0.469 e. The fourth-order valence-electron chi connectivity index (χ4n) is 2.38. The van der Waals surface area contributed by atoms with Gasteiger partial charge in [0.25, 0.3) is 0 Å². The van der Waals surface area contributed by atoms with Crippen molar-refractivity contribution in [3.8, 4) is 0 Å². The third kappa shape index (κ3) is 1.62. The summed E-state index contributed by atoms with van der Waals surface area (Å²) in [6.45, 7) is 4.48. The van der Waals surface area contributed by atoms with Gasteiger partial charge in [-0.2, -0.15) is 0 Å². The lowest BCUT2D eigenvalue weighted by Gasteiger charge is -1.99. The van der Waals surface area contributed by atoms with Gasteiger partial charge < -0.3 is 9.47 Å². The van der Waals surface area contributed by atoms with Crippen molar-refractivity contribution in [2.75, 3.05) is 13.7 Å². The van der Waals surface area contributed by atoms with Crippen molar-refractivity contribution < 1.29 is 19.1 Å². The highest BCUT2D eigenvalue weighted by Gasteiger charge is 2.61. The lowest BCUT2D eigenvalue weighted by molar-refractivity contribution is -0.143. The Morgan fingerprint density at radius 1 is 1.56 bits per heavy atom. The van der Waals surface area contributed by atoms with Gasteiger partial charge in [-0.3, -0.25) is 4.79 Å². The van der Waals surface area contributed by atoms with Crippen molar-refractivity contribution in [1.29, 1.82) is 0 Å². The summed E-state index contributed by atoms with van der Waals surface area (Å²) in [5.41, 5.74) is 0.590. The fourth-order valence-corrected chi connectivity index (χ4v) is 2.38. The van der Waals surface area contributed by atoms with Crippen molar-refractivity contribution in [3.63, 3.8) is 0 Å². The van der Waals surface area contributed by atoms with Gasteiger partial charge in [0.2, 0.25) is 0 Å². The van der Waals surface area contributed by atoms with Crippen LogP contribution in [0.1, 0.15) is 20.3 Å². The Labute approximate surface area is 94.6 Å². The lowest BCUT2D eigenvalue weighted by Crippen LogP contribution is -2.07. The number of methoxy groups -OCH3 is 1. The molecule has 16 heavy (non-hydrogen) atoms. The van der Waals surface area contributed by atoms with Crippen LogP contribution in [0.2, 0.25) is 0 Å². The topological polar surface area (TPSA) is 52.6 Å². The maximum absolute atomic E-state index is 11.5. The van der Waals surface area contributed by atoms with Gasteiger partial charge in [0, 0.05) is 12.0 Å². The predicted molar refractivity (Wildman–Crippen MR) is 56.4 cm³/mol. The molecule has 0 spiro atoms. The van der Waals surface area contributed by atoms with Crippen molar-refractivity contribution in [3.05, 3.63) is 11.6 Å². The van der Waals surface area contributed by atoms with Crippen molar-refractivity contribution in [2.24, 2.45) is 17.3 Å². The molecule has 0 aromatic rings. The van der Waals surface area contributed by atoms with Gasteiger partial charge in [-0.15, -0.1) is 0 Å². The van der Waals surface area contributed by atoms with E-state index in [2.05, 4.69) is 0 Å². The number of esters is 2. The number of cyclic esters (lactones) is 1. The lowest BCUT2D eigenvalue weighted by atomic mass is 10.1. The quantitative estimate of drug-likeness (QED) is 0.524. The Hall–Kier alpha value is -1.32. The molecule has 1 saturated carbocycles. The molecule has 1 heterocycles. The van der Waals surface area contributed by atoms with Crippen molar-refractivity contribution in [2.45, 2.75) is 20.3 Å². The van der Waals surface area contributed by atoms with E-state index < -0.39 is 0 Å². The van der Waals surface area contributed by atoms with E-state index in [0.29, 0.717) is 18.6 Å². The Balaban J connectivity index is 2.13. The SMILES string of the molecule is COC(=O)[C@@H]1[C@H](/C=C2\CCOC2=O)C1(C)C. The molecule has 0 bridgehead atoms. The fraction of sp³-hybridized carbons (Fsp3) is 0.667. The molecule has 88 valence electrons. The molecule has 2 fully saturated rings. The van der Waals surface area contributed by atoms with E-state index in [-0.39, 0.29) is 29.2 Å². The predicted octanol–water partition coefficient (Wildman–Crippen LogP) is 1.30. The summed E-state index contributed by atoms with van der Waals surface area (Å²) >= 11 is 0. The summed E-state index contributed by atoms with van der Waals surface area (Å²) < 4.78 is 9.61. The highest BCUT2D eigenvalue weighted by atomic mass is 16.5. The zero-order valence-electron chi connectivity index (χ0n) is 9.78. The van der Waals surface area contributed by atoms with Crippen LogP contribution in [0.15, 0.2) is 11.6 Å². The van der Waals surface area contributed by atoms with Crippen LogP contribution in [0.25, 0.3) is 0 Å². The van der Waals surface area contributed by atoms with E-state index in [0.717, 1.165) is 0 Å². The summed E-state index contributed by atoms with van der Waals surface area (Å²) in [7, 11) is 1.39. The molecule has 0 N–H and O–H groups in total. The third-order valence-electron chi connectivity index (χ3n) is 3.61. The summed E-state index contributed by atoms with van der Waals surface area (Å²) in [5, 5.41) is 0. The minimum Gasteiger partial charge on any atom is -0.469 e. The van der Waals surface area contributed by atoms with Gasteiger partial charge in [0.05, 0.1) is 19.6 Å². The van der Waals surface area contributed by atoms with Gasteiger partial charge >= 0.3 is 11.9 Å². The molecule has 4 heteroatoms. The van der Waals surface area contributed by atoms with E-state index in [4.69, 9.17) is 9.47 Å². The molecular weight excluding hydrogens is 208 g/mol. The first-order valence-corrected chi connectivity index (χ1v) is 5.44. The van der Waals surface area contributed by atoms with Gasteiger partial charge in [-0.1, -0.05) is 19.9 Å². The van der Waals surface area contributed by atoms with E-state index in [1.165, 1.54) is 7.11 Å². The summed E-state index contributed by atoms with van der Waals surface area (Å²) in [5.74, 6) is -0.469. The molecule has 2 atom stereocenters. The maximum Gasteiger partial charge on any atom is 0.333 e. The molecule has 1 saturated heterocycles. The maximum atomic E-state index is 11.5. The van der Waals surface area contributed by atoms with E-state index in [9.17, 15) is 9.59 Å². The van der Waals surface area contributed by atoms with Crippen LogP contribution in [-0.4, -0.2) is 25.7 Å². The highest BCUT2D eigenvalue weighted by Crippen LogP contribution is 2.60. The Morgan fingerprint density at radius 3 is 2.75 bits per heavy atom. The van der Waals surface area contributed by atoms with Gasteiger partial charge in [0.1, 0.15) is 0 Å². The first-order chi connectivity index (χ1) is 7.48. The molecule has 2 rings (SSSR count). The Morgan fingerprint density at radius 2 is 2.25 bits per heavy atom. The van der Waals surface area contributed by atoms with E-state index in [1.807, 2.05) is 19.9 Å². The Kier molecular flexibility index (Phi) is 2.52. The van der Waals surface area contributed by atoms with Crippen LogP contribution in [0, 0.1) is 17.3 Å². The normalized spacial score (nSPS) is 33.7. The Bertz CT molecular complexity index is 367. The van der Waals surface area contributed by atoms with E-state index in [1.54, 1.807) is 0 Å². The molecule has 0 unspecified atom stereocenters. The molecule has 1 aliphatic heterocycles. The second-order valence-corrected chi connectivity index (χ2v) is 4.93. The van der Waals surface area contributed by atoms with Gasteiger partial charge in [0.15, 0.2) is 0 Å². The summed E-state index contributed by atoms with van der Waals surface area (Å²) in [6.07, 6.45) is 2.54. The average molecular weight is 224 g/mol. The monoisotopic (exact) mass is 224 g/mol. The zero-order chi connectivity index (χ0) is 11.9. The number of ether oxygens (including phenoxy) is 2. The summed E-state index contributed by atoms with van der Waals surface area (Å²) in [6, 6.07) is 0. The molecule has 0 aromatic carbocycles. The number of allylic oxidation sites excluding steroid dienone is 1. The van der Waals surface area contributed by atoms with Crippen molar-refractivity contribution >= 4 is 11.9 Å². The summed E-state index contributed by atoms with van der Waals surface area (Å²) in [4.78, 5) is 22.8. The van der Waals surface area contributed by atoms with Crippen LogP contribution < -0.4 is 0 Å². The van der Waals surface area contributed by atoms with Crippen LogP contribution in [0.4, 0.5) is 0 Å². The minimum atomic E-state index is -0.244. The molecule has 1 aliphatic carbocycles. The van der Waals surface area contributed by atoms with Crippen LogP contribution in [0.5, 0.6) is 0 Å². The number of hydrogen-bond donors (Lipinski definition) is 0. The van der Waals surface area contributed by atoms with Gasteiger partial charge in [-0.25, -0.2) is 4.79 Å². The first kappa shape index (κ1) is 11.2. The highest BCUT2D eigenvalue weighted by molar-refractivity contribution is 5.90. The second-order valence-electron chi connectivity index (χ2n) is 4.93. The molecule has 4 nitrogen and oxygen atoms in total. The number of carbonyl (C=O) groups is 2. The number of carbonyl (C=O) groups excluding carboxylic acids is 2. The smallest absolute Gasteiger partial charge is 0.333 e. The average Bonchev–Trinajstić information content (AvgIpc) is 2.57. The third-order valence-corrected chi connectivity index (χ3v) is 3.61. The number of hydrogen-bond acceptors (Lipinski definition) is 4. The van der Waals surface area contributed by atoms with E-state index >= 15 is 0 Å². The van der Waals surface area contributed by atoms with Gasteiger partial charge in [-0.05, 0) is 11.3 Å². The molecule has 2 aliphatic rings. The van der Waals surface area contributed by atoms with Crippen LogP contribution >= 0.6 is 0 Å². The van der Waals surface area contributed by atoms with Crippen molar-refractivity contribution in [1.82, 2.24) is 0 Å². The molecule has 0 aromatic heterocycles. The molecule has 0 amide bonds.